The molecule has 0 bridgehead atoms. The topological polar surface area (TPSA) is 96.4 Å². The van der Waals surface area contributed by atoms with Crippen molar-refractivity contribution >= 4 is 29.6 Å². The highest BCUT2D eigenvalue weighted by Crippen LogP contribution is 2.29. The lowest BCUT2D eigenvalue weighted by molar-refractivity contribution is -0.135. The van der Waals surface area contributed by atoms with Gasteiger partial charge < -0.3 is 30.0 Å². The van der Waals surface area contributed by atoms with Gasteiger partial charge in [-0.05, 0) is 76.5 Å². The van der Waals surface area contributed by atoms with Crippen molar-refractivity contribution in [2.75, 3.05) is 39.3 Å². The lowest BCUT2D eigenvalue weighted by Gasteiger charge is -2.45. The molecule has 41 heavy (non-hydrogen) atoms. The molecule has 1 aromatic carbocycles. The third kappa shape index (κ3) is 8.28. The van der Waals surface area contributed by atoms with Crippen LogP contribution in [-0.2, 0) is 11.2 Å². The predicted octanol–water partition coefficient (Wildman–Crippen LogP) is 5.07. The van der Waals surface area contributed by atoms with Gasteiger partial charge in [-0.3, -0.25) is 4.79 Å². The summed E-state index contributed by atoms with van der Waals surface area (Å²) in [4.78, 5) is 46.5. The fourth-order valence-electron chi connectivity index (χ4n) is 6.81. The molecule has 2 heterocycles. The molecule has 228 valence electrons. The van der Waals surface area contributed by atoms with Crippen LogP contribution in [0.4, 0.5) is 9.59 Å². The minimum Gasteiger partial charge on any atom is -0.465 e. The summed E-state index contributed by atoms with van der Waals surface area (Å²) in [7, 11) is 0. The van der Waals surface area contributed by atoms with E-state index in [4.69, 9.17) is 11.6 Å². The summed E-state index contributed by atoms with van der Waals surface area (Å²) < 4.78 is 0. The van der Waals surface area contributed by atoms with E-state index in [-0.39, 0.29) is 24.0 Å². The number of urea groups is 1. The number of nitrogens with zero attached hydrogens (tertiary/aromatic N) is 4. The number of carbonyl (C=O) groups excluding carboxylic acids is 2. The molecule has 1 aliphatic carbocycles. The number of rotatable bonds is 9. The third-order valence-corrected chi connectivity index (χ3v) is 9.50. The Morgan fingerprint density at radius 3 is 2.00 bits per heavy atom. The normalized spacial score (nSPS) is 20.1. The molecular weight excluding hydrogens is 542 g/mol. The number of piperidine rings is 2. The smallest absolute Gasteiger partial charge is 0.407 e. The number of benzene rings is 1. The van der Waals surface area contributed by atoms with Crippen LogP contribution >= 0.6 is 11.6 Å². The van der Waals surface area contributed by atoms with Crippen molar-refractivity contribution in [1.29, 1.82) is 0 Å². The van der Waals surface area contributed by atoms with Crippen LogP contribution in [0.25, 0.3) is 0 Å². The fourth-order valence-corrected chi connectivity index (χ4v) is 6.93. The number of hydrogen-bond acceptors (Lipinski definition) is 4. The Hall–Kier alpha value is -2.52. The first-order valence-electron chi connectivity index (χ1n) is 15.6. The van der Waals surface area contributed by atoms with E-state index in [0.29, 0.717) is 69.6 Å². The molecule has 3 fully saturated rings. The van der Waals surface area contributed by atoms with Crippen LogP contribution in [0.3, 0.4) is 0 Å². The maximum absolute atomic E-state index is 14.0. The van der Waals surface area contributed by atoms with Crippen LogP contribution in [0.5, 0.6) is 0 Å². The van der Waals surface area contributed by atoms with E-state index in [0.717, 1.165) is 31.2 Å². The van der Waals surface area contributed by atoms with Crippen molar-refractivity contribution in [3.05, 3.63) is 34.9 Å². The average Bonchev–Trinajstić information content (AvgIpc) is 2.99. The molecule has 4 rings (SSSR count). The molecule has 1 atom stereocenters. The summed E-state index contributed by atoms with van der Waals surface area (Å²) in [5.74, 6) is 0.0818. The Balaban J connectivity index is 1.43. The molecule has 1 saturated carbocycles. The maximum Gasteiger partial charge on any atom is 0.407 e. The second-order valence-electron chi connectivity index (χ2n) is 11.8. The van der Waals surface area contributed by atoms with Gasteiger partial charge in [-0.15, -0.1) is 0 Å². The number of carbonyl (C=O) groups is 3. The van der Waals surface area contributed by atoms with Gasteiger partial charge in [0.25, 0.3) is 0 Å². The van der Waals surface area contributed by atoms with Crippen molar-refractivity contribution in [3.63, 3.8) is 0 Å². The molecule has 2 N–H and O–H groups in total. The van der Waals surface area contributed by atoms with Gasteiger partial charge in [0.1, 0.15) is 0 Å². The van der Waals surface area contributed by atoms with Crippen LogP contribution in [0.2, 0.25) is 5.02 Å². The lowest BCUT2D eigenvalue weighted by Crippen LogP contribution is -2.58. The quantitative estimate of drug-likeness (QED) is 0.419. The average molecular weight is 590 g/mol. The maximum atomic E-state index is 14.0. The van der Waals surface area contributed by atoms with Gasteiger partial charge in [-0.2, -0.15) is 0 Å². The first kappa shape index (κ1) is 31.4. The third-order valence-electron chi connectivity index (χ3n) is 9.25. The Kier molecular flexibility index (Phi) is 11.6. The molecule has 2 saturated heterocycles. The summed E-state index contributed by atoms with van der Waals surface area (Å²) in [6, 6.07) is 7.90. The second-order valence-corrected chi connectivity index (χ2v) is 12.2. The summed E-state index contributed by atoms with van der Waals surface area (Å²) in [5, 5.41) is 13.6. The molecule has 4 amide bonds. The van der Waals surface area contributed by atoms with Crippen molar-refractivity contribution in [3.8, 4) is 0 Å². The van der Waals surface area contributed by atoms with Crippen molar-refractivity contribution < 1.29 is 19.5 Å². The number of hydrogen-bond donors (Lipinski definition) is 2. The number of likely N-dealkylation sites (tertiary alicyclic amines) is 2. The van der Waals surface area contributed by atoms with Crippen molar-refractivity contribution in [2.45, 2.75) is 102 Å². The van der Waals surface area contributed by atoms with E-state index in [1.165, 1.54) is 24.2 Å². The highest BCUT2D eigenvalue weighted by Gasteiger charge is 2.37. The fraction of sp³-hybridized carbons (Fsp3) is 0.710. The lowest BCUT2D eigenvalue weighted by atomic mass is 9.91. The Morgan fingerprint density at radius 1 is 0.878 bits per heavy atom. The van der Waals surface area contributed by atoms with Crippen LogP contribution in [-0.4, -0.2) is 106 Å². The van der Waals surface area contributed by atoms with Crippen LogP contribution < -0.4 is 5.32 Å². The van der Waals surface area contributed by atoms with E-state index in [2.05, 4.69) is 10.2 Å². The monoisotopic (exact) mass is 589 g/mol. The van der Waals surface area contributed by atoms with Crippen molar-refractivity contribution in [1.82, 2.24) is 24.9 Å². The van der Waals surface area contributed by atoms with Gasteiger partial charge in [-0.25, -0.2) is 9.59 Å². The second kappa shape index (κ2) is 15.1. The SMILES string of the molecule is CCN(CC)C(=O)N(C1CCCCC1)C1CCN(C(=O)[C@@H](Cc2ccc(Cl)cc2)NC2CCN(C(=O)O)CC2)CC1. The zero-order valence-electron chi connectivity index (χ0n) is 24.8. The van der Waals surface area contributed by atoms with E-state index >= 15 is 0 Å². The summed E-state index contributed by atoms with van der Waals surface area (Å²) in [6.07, 6.45) is 8.34. The zero-order chi connectivity index (χ0) is 29.4. The number of nitrogens with one attached hydrogen (secondary N) is 1. The van der Waals surface area contributed by atoms with E-state index in [1.54, 1.807) is 0 Å². The van der Waals surface area contributed by atoms with Gasteiger partial charge >= 0.3 is 12.1 Å². The molecule has 2 aliphatic heterocycles. The molecule has 9 nitrogen and oxygen atoms in total. The van der Waals surface area contributed by atoms with Crippen LogP contribution in [0, 0.1) is 0 Å². The van der Waals surface area contributed by atoms with Crippen LogP contribution in [0.1, 0.15) is 77.2 Å². The summed E-state index contributed by atoms with van der Waals surface area (Å²) in [5.41, 5.74) is 1.03. The van der Waals surface area contributed by atoms with E-state index in [9.17, 15) is 19.5 Å². The Morgan fingerprint density at radius 2 is 1.44 bits per heavy atom. The predicted molar refractivity (Wildman–Crippen MR) is 161 cm³/mol. The molecule has 0 unspecified atom stereocenters. The molecule has 0 radical (unpaired) electrons. The molecule has 0 aromatic heterocycles. The molecule has 3 aliphatic rings. The number of halogens is 1. The standard InChI is InChI=1S/C31H48ClN5O4/c1-3-34(4-2)30(39)37(26-8-6-5-7-9-26)27-16-20-35(21-17-27)29(38)28(22-23-10-12-24(32)13-11-23)33-25-14-18-36(19-15-25)31(40)41/h10-13,25-28,33H,3-9,14-22H2,1-2H3,(H,40,41)/t28-/m1/s1. The van der Waals surface area contributed by atoms with Gasteiger partial charge in [0.05, 0.1) is 6.04 Å². The van der Waals surface area contributed by atoms with Gasteiger partial charge in [0, 0.05) is 62.4 Å². The molecule has 0 spiro atoms. The summed E-state index contributed by atoms with van der Waals surface area (Å²) in [6.45, 7) is 7.71. The van der Waals surface area contributed by atoms with E-state index < -0.39 is 12.1 Å². The largest absolute Gasteiger partial charge is 0.465 e. The minimum absolute atomic E-state index is 0.0814. The first-order chi connectivity index (χ1) is 19.8. The molecule has 1 aromatic rings. The van der Waals surface area contributed by atoms with E-state index in [1.807, 2.05) is 47.9 Å². The van der Waals surface area contributed by atoms with Gasteiger partial charge in [-0.1, -0.05) is 43.0 Å². The van der Waals surface area contributed by atoms with Gasteiger partial charge in [0.15, 0.2) is 0 Å². The van der Waals surface area contributed by atoms with Crippen molar-refractivity contribution in [2.24, 2.45) is 0 Å². The molecule has 10 heteroatoms. The Bertz CT molecular complexity index is 998. The number of amides is 4. The number of carboxylic acid groups (broad SMARTS) is 1. The highest BCUT2D eigenvalue weighted by molar-refractivity contribution is 6.30. The minimum atomic E-state index is -0.887. The zero-order valence-corrected chi connectivity index (χ0v) is 25.5. The first-order valence-corrected chi connectivity index (χ1v) is 16.0. The highest BCUT2D eigenvalue weighted by atomic mass is 35.5. The molecular formula is C31H48ClN5O4. The summed E-state index contributed by atoms with van der Waals surface area (Å²) >= 11 is 6.11. The van der Waals surface area contributed by atoms with Crippen LogP contribution in [0.15, 0.2) is 24.3 Å². The van der Waals surface area contributed by atoms with Gasteiger partial charge in [0.2, 0.25) is 5.91 Å². The Labute approximate surface area is 250 Å².